The van der Waals surface area contributed by atoms with Crippen LogP contribution in [0.4, 0.5) is 8.78 Å². The number of fused-ring (bicyclic) bond motifs is 1. The van der Waals surface area contributed by atoms with E-state index in [1.165, 1.54) is 31.5 Å². The molecule has 1 fully saturated rings. The molecule has 2 aromatic heterocycles. The van der Waals surface area contributed by atoms with E-state index in [0.717, 1.165) is 6.07 Å². The average Bonchev–Trinajstić information content (AvgIpc) is 3.27. The summed E-state index contributed by atoms with van der Waals surface area (Å²) in [5.74, 6) is -1.06. The smallest absolute Gasteiger partial charge is 0.252 e. The first-order valence-corrected chi connectivity index (χ1v) is 11.4. The molecular weight excluding hydrogens is 468 g/mol. The van der Waals surface area contributed by atoms with Crippen LogP contribution >= 0.6 is 0 Å². The van der Waals surface area contributed by atoms with E-state index in [0.29, 0.717) is 42.1 Å². The fourth-order valence-electron chi connectivity index (χ4n) is 4.31. The monoisotopic (exact) mass is 493 g/mol. The number of ether oxygens (including phenoxy) is 2. The number of aryl methyl sites for hydroxylation is 1. The normalized spacial score (nSPS) is 15.4. The van der Waals surface area contributed by atoms with Crippen LogP contribution in [0.2, 0.25) is 0 Å². The Morgan fingerprint density at radius 3 is 2.64 bits per heavy atom. The van der Waals surface area contributed by atoms with E-state index >= 15 is 0 Å². The number of nitrogens with zero attached hydrogens (tertiary/aromatic N) is 4. The SMILES string of the molecule is COc1ccc([C@H](NC(=O)c2cc(F)c3cnc(CC4(C)COC4)nc3c2)c2cnn(C)c2)cc1F. The molecule has 1 amide bonds. The molecule has 2 aromatic carbocycles. The van der Waals surface area contributed by atoms with Crippen LogP contribution in [0.1, 0.15) is 40.3 Å². The van der Waals surface area contributed by atoms with Gasteiger partial charge >= 0.3 is 0 Å². The molecule has 8 nitrogen and oxygen atoms in total. The van der Waals surface area contributed by atoms with Crippen molar-refractivity contribution in [3.05, 3.63) is 83.1 Å². The Balaban J connectivity index is 1.47. The highest BCUT2D eigenvalue weighted by molar-refractivity contribution is 5.98. The molecule has 1 aliphatic rings. The van der Waals surface area contributed by atoms with E-state index in [9.17, 15) is 13.6 Å². The van der Waals surface area contributed by atoms with E-state index in [1.807, 2.05) is 0 Å². The summed E-state index contributed by atoms with van der Waals surface area (Å²) in [5.41, 5.74) is 1.49. The van der Waals surface area contributed by atoms with Gasteiger partial charge in [0, 0.05) is 42.4 Å². The summed E-state index contributed by atoms with van der Waals surface area (Å²) in [5, 5.41) is 7.27. The Bertz CT molecular complexity index is 1450. The Morgan fingerprint density at radius 1 is 1.19 bits per heavy atom. The van der Waals surface area contributed by atoms with Crippen molar-refractivity contribution in [3.63, 3.8) is 0 Å². The fraction of sp³-hybridized carbons (Fsp3) is 0.308. The summed E-state index contributed by atoms with van der Waals surface area (Å²) in [4.78, 5) is 22.1. The summed E-state index contributed by atoms with van der Waals surface area (Å²) >= 11 is 0. The number of nitrogens with one attached hydrogen (secondary N) is 1. The number of methoxy groups -OCH3 is 1. The minimum atomic E-state index is -0.732. The molecule has 10 heteroatoms. The molecule has 36 heavy (non-hydrogen) atoms. The van der Waals surface area contributed by atoms with E-state index < -0.39 is 23.6 Å². The number of carbonyl (C=O) groups excluding carboxylic acids is 1. The van der Waals surface area contributed by atoms with Crippen molar-refractivity contribution in [1.82, 2.24) is 25.1 Å². The van der Waals surface area contributed by atoms with Crippen LogP contribution in [0.3, 0.4) is 0 Å². The van der Waals surface area contributed by atoms with Crippen LogP contribution in [-0.2, 0) is 18.2 Å². The minimum Gasteiger partial charge on any atom is -0.494 e. The fourth-order valence-corrected chi connectivity index (χ4v) is 4.31. The Labute approximate surface area is 206 Å². The number of carbonyl (C=O) groups is 1. The van der Waals surface area contributed by atoms with Gasteiger partial charge in [0.15, 0.2) is 11.6 Å². The lowest BCUT2D eigenvalue weighted by molar-refractivity contribution is -0.101. The standard InChI is InChI=1S/C26H25F2N5O3/c1-26(13-36-14-26)9-23-29-11-18-19(27)7-16(8-21(18)31-23)25(34)32-24(17-10-30-33(2)12-17)15-4-5-22(35-3)20(28)6-15/h4-8,10-12,24H,9,13-14H2,1-3H3,(H,32,34)/t24-/m0/s1. The maximum absolute atomic E-state index is 14.9. The maximum atomic E-state index is 14.9. The Hall–Kier alpha value is -3.92. The van der Waals surface area contributed by atoms with Gasteiger partial charge in [0.25, 0.3) is 5.91 Å². The zero-order valence-electron chi connectivity index (χ0n) is 20.1. The van der Waals surface area contributed by atoms with Crippen molar-refractivity contribution < 1.29 is 23.0 Å². The lowest BCUT2D eigenvalue weighted by Crippen LogP contribution is -2.41. The van der Waals surface area contributed by atoms with Gasteiger partial charge in [-0.2, -0.15) is 5.10 Å². The van der Waals surface area contributed by atoms with Gasteiger partial charge < -0.3 is 14.8 Å². The third-order valence-corrected chi connectivity index (χ3v) is 6.29. The van der Waals surface area contributed by atoms with Crippen molar-refractivity contribution >= 4 is 16.8 Å². The highest BCUT2D eigenvalue weighted by Gasteiger charge is 2.34. The molecule has 0 spiro atoms. The van der Waals surface area contributed by atoms with Crippen LogP contribution in [-0.4, -0.2) is 46.0 Å². The molecule has 0 aliphatic carbocycles. The first-order chi connectivity index (χ1) is 17.2. The van der Waals surface area contributed by atoms with Crippen molar-refractivity contribution in [2.24, 2.45) is 12.5 Å². The van der Waals surface area contributed by atoms with Gasteiger partial charge in [-0.15, -0.1) is 0 Å². The number of halogens is 2. The number of aromatic nitrogens is 4. The number of amides is 1. The van der Waals surface area contributed by atoms with Crippen molar-refractivity contribution in [3.8, 4) is 5.75 Å². The van der Waals surface area contributed by atoms with Crippen molar-refractivity contribution in [2.45, 2.75) is 19.4 Å². The van der Waals surface area contributed by atoms with Crippen molar-refractivity contribution in [2.75, 3.05) is 20.3 Å². The molecule has 0 saturated carbocycles. The molecule has 0 bridgehead atoms. The van der Waals surface area contributed by atoms with Gasteiger partial charge in [-0.1, -0.05) is 13.0 Å². The summed E-state index contributed by atoms with van der Waals surface area (Å²) in [6.07, 6.45) is 5.33. The number of benzene rings is 2. The molecule has 1 saturated heterocycles. The highest BCUT2D eigenvalue weighted by atomic mass is 19.1. The summed E-state index contributed by atoms with van der Waals surface area (Å²) in [7, 11) is 3.12. The summed E-state index contributed by atoms with van der Waals surface area (Å²) in [6.45, 7) is 3.31. The van der Waals surface area contributed by atoms with Gasteiger partial charge in [0.2, 0.25) is 0 Å². The number of hydrogen-bond donors (Lipinski definition) is 1. The van der Waals surface area contributed by atoms with Crippen LogP contribution in [0.25, 0.3) is 10.9 Å². The minimum absolute atomic E-state index is 0.0498. The van der Waals surface area contributed by atoms with Gasteiger partial charge in [-0.25, -0.2) is 18.7 Å². The van der Waals surface area contributed by atoms with Crippen molar-refractivity contribution in [1.29, 1.82) is 0 Å². The zero-order valence-corrected chi connectivity index (χ0v) is 20.1. The van der Waals surface area contributed by atoms with Crippen LogP contribution in [0.15, 0.2) is 48.9 Å². The number of hydrogen-bond acceptors (Lipinski definition) is 6. The molecular formula is C26H25F2N5O3. The molecule has 3 heterocycles. The maximum Gasteiger partial charge on any atom is 0.252 e. The van der Waals surface area contributed by atoms with E-state index in [1.54, 1.807) is 30.2 Å². The molecule has 4 aromatic rings. The van der Waals surface area contributed by atoms with Gasteiger partial charge in [-0.3, -0.25) is 9.48 Å². The summed E-state index contributed by atoms with van der Waals surface area (Å²) < 4.78 is 41.3. The second-order valence-corrected chi connectivity index (χ2v) is 9.41. The molecule has 186 valence electrons. The quantitative estimate of drug-likeness (QED) is 0.422. The third-order valence-electron chi connectivity index (χ3n) is 6.29. The van der Waals surface area contributed by atoms with Gasteiger partial charge in [0.1, 0.15) is 11.6 Å². The van der Waals surface area contributed by atoms with E-state index in [4.69, 9.17) is 9.47 Å². The second kappa shape index (κ2) is 9.27. The highest BCUT2D eigenvalue weighted by Crippen LogP contribution is 2.31. The molecule has 0 radical (unpaired) electrons. The summed E-state index contributed by atoms with van der Waals surface area (Å²) in [6, 6.07) is 6.39. The lowest BCUT2D eigenvalue weighted by Gasteiger charge is -2.37. The predicted octanol–water partition coefficient (Wildman–Crippen LogP) is 3.75. The molecule has 1 atom stereocenters. The average molecular weight is 494 g/mol. The van der Waals surface area contributed by atoms with Crippen LogP contribution < -0.4 is 10.1 Å². The number of rotatable bonds is 7. The van der Waals surface area contributed by atoms with Gasteiger partial charge in [0.05, 0.1) is 43.5 Å². The third kappa shape index (κ3) is 4.64. The van der Waals surface area contributed by atoms with E-state index in [-0.39, 0.29) is 22.1 Å². The Kier molecular flexibility index (Phi) is 6.13. The molecule has 1 N–H and O–H groups in total. The molecule has 1 aliphatic heterocycles. The zero-order chi connectivity index (χ0) is 25.4. The molecule has 5 rings (SSSR count). The first kappa shape index (κ1) is 23.8. The second-order valence-electron chi connectivity index (χ2n) is 9.41. The Morgan fingerprint density at radius 2 is 2.00 bits per heavy atom. The van der Waals surface area contributed by atoms with E-state index in [2.05, 4.69) is 27.3 Å². The molecule has 0 unspecified atom stereocenters. The topological polar surface area (TPSA) is 91.2 Å². The van der Waals surface area contributed by atoms with Crippen LogP contribution in [0, 0.1) is 17.0 Å². The predicted molar refractivity (Wildman–Crippen MR) is 128 cm³/mol. The first-order valence-electron chi connectivity index (χ1n) is 11.4. The van der Waals surface area contributed by atoms with Gasteiger partial charge in [-0.05, 0) is 29.8 Å². The van der Waals surface area contributed by atoms with Crippen LogP contribution in [0.5, 0.6) is 5.75 Å². The largest absolute Gasteiger partial charge is 0.494 e. The lowest BCUT2D eigenvalue weighted by atomic mass is 9.84.